The van der Waals surface area contributed by atoms with E-state index in [1.165, 1.54) is 11.8 Å². The molecule has 0 saturated carbocycles. The molecule has 1 N–H and O–H groups in total. The minimum atomic E-state index is -0.227. The standard InChI is InChI=1S/C18H17ClN2O2S/c1-12-6-8-13(9-7-12)20-16(22)10-21-17(23)11-24-18(21)14-4-2-3-5-15(14)19/h2-9,18H,10-11H2,1H3,(H,20,22). The minimum absolute atomic E-state index is 0.00952. The highest BCUT2D eigenvalue weighted by molar-refractivity contribution is 8.00. The number of nitrogens with zero attached hydrogens (tertiary/aromatic N) is 1. The van der Waals surface area contributed by atoms with E-state index in [1.807, 2.05) is 49.4 Å². The molecule has 0 radical (unpaired) electrons. The van der Waals surface area contributed by atoms with E-state index >= 15 is 0 Å². The molecule has 1 atom stereocenters. The Hall–Kier alpha value is -1.98. The topological polar surface area (TPSA) is 49.4 Å². The lowest BCUT2D eigenvalue weighted by Crippen LogP contribution is -2.36. The molecule has 2 aromatic carbocycles. The van der Waals surface area contributed by atoms with Crippen LogP contribution < -0.4 is 5.32 Å². The zero-order chi connectivity index (χ0) is 17.1. The molecule has 6 heteroatoms. The average molecular weight is 361 g/mol. The third-order valence-electron chi connectivity index (χ3n) is 3.79. The second kappa shape index (κ2) is 7.28. The summed E-state index contributed by atoms with van der Waals surface area (Å²) in [6, 6.07) is 15.0. The van der Waals surface area contributed by atoms with Crippen LogP contribution in [-0.2, 0) is 9.59 Å². The van der Waals surface area contributed by atoms with Crippen molar-refractivity contribution in [3.63, 3.8) is 0 Å². The highest BCUT2D eigenvalue weighted by atomic mass is 35.5. The van der Waals surface area contributed by atoms with Crippen molar-refractivity contribution in [1.29, 1.82) is 0 Å². The molecule has 1 fully saturated rings. The number of aryl methyl sites for hydroxylation is 1. The lowest BCUT2D eigenvalue weighted by atomic mass is 10.2. The molecular formula is C18H17ClN2O2S. The van der Waals surface area contributed by atoms with Gasteiger partial charge >= 0.3 is 0 Å². The van der Waals surface area contributed by atoms with E-state index in [2.05, 4.69) is 5.32 Å². The number of hydrogen-bond acceptors (Lipinski definition) is 3. The van der Waals surface area contributed by atoms with Gasteiger partial charge in [0.05, 0.1) is 5.75 Å². The molecule has 4 nitrogen and oxygen atoms in total. The van der Waals surface area contributed by atoms with Crippen LogP contribution in [0, 0.1) is 6.92 Å². The fourth-order valence-corrected chi connectivity index (χ4v) is 4.08. The molecule has 1 aliphatic rings. The summed E-state index contributed by atoms with van der Waals surface area (Å²) in [4.78, 5) is 26.1. The predicted octanol–water partition coefficient (Wildman–Crippen LogP) is 3.86. The lowest BCUT2D eigenvalue weighted by Gasteiger charge is -2.24. The van der Waals surface area contributed by atoms with Crippen LogP contribution in [0.5, 0.6) is 0 Å². The van der Waals surface area contributed by atoms with Crippen LogP contribution in [0.3, 0.4) is 0 Å². The third-order valence-corrected chi connectivity index (χ3v) is 5.37. The quantitative estimate of drug-likeness (QED) is 0.900. The molecule has 1 aliphatic heterocycles. The van der Waals surface area contributed by atoms with Crippen LogP contribution in [-0.4, -0.2) is 29.0 Å². The molecule has 2 aromatic rings. The minimum Gasteiger partial charge on any atom is -0.325 e. The van der Waals surface area contributed by atoms with Crippen molar-refractivity contribution in [2.75, 3.05) is 17.6 Å². The Morgan fingerprint density at radius 1 is 1.25 bits per heavy atom. The van der Waals surface area contributed by atoms with Gasteiger partial charge in [-0.3, -0.25) is 9.59 Å². The first-order valence-corrected chi connectivity index (χ1v) is 8.99. The molecular weight excluding hydrogens is 344 g/mol. The zero-order valence-corrected chi connectivity index (χ0v) is 14.7. The van der Waals surface area contributed by atoms with Crippen molar-refractivity contribution in [2.24, 2.45) is 0 Å². The van der Waals surface area contributed by atoms with E-state index in [4.69, 9.17) is 11.6 Å². The summed E-state index contributed by atoms with van der Waals surface area (Å²) in [7, 11) is 0. The number of benzene rings is 2. The molecule has 24 heavy (non-hydrogen) atoms. The van der Waals surface area contributed by atoms with Gasteiger partial charge in [0, 0.05) is 16.3 Å². The van der Waals surface area contributed by atoms with Gasteiger partial charge in [0.1, 0.15) is 11.9 Å². The van der Waals surface area contributed by atoms with Gasteiger partial charge in [-0.2, -0.15) is 0 Å². The molecule has 1 saturated heterocycles. The average Bonchev–Trinajstić information content (AvgIpc) is 2.91. The number of carbonyl (C=O) groups excluding carboxylic acids is 2. The molecule has 0 aromatic heterocycles. The summed E-state index contributed by atoms with van der Waals surface area (Å²) in [6.07, 6.45) is 0. The van der Waals surface area contributed by atoms with E-state index < -0.39 is 0 Å². The molecule has 2 amide bonds. The Kier molecular flexibility index (Phi) is 5.11. The van der Waals surface area contributed by atoms with E-state index in [0.29, 0.717) is 10.8 Å². The van der Waals surface area contributed by atoms with Gasteiger partial charge in [0.25, 0.3) is 0 Å². The van der Waals surface area contributed by atoms with Crippen LogP contribution in [0.1, 0.15) is 16.5 Å². The Balaban J connectivity index is 1.72. The van der Waals surface area contributed by atoms with Gasteiger partial charge in [0.15, 0.2) is 0 Å². The number of anilines is 1. The Bertz CT molecular complexity index is 764. The molecule has 1 heterocycles. The summed E-state index contributed by atoms with van der Waals surface area (Å²) >= 11 is 7.73. The van der Waals surface area contributed by atoms with E-state index in [-0.39, 0.29) is 23.7 Å². The molecule has 0 aliphatic carbocycles. The van der Waals surface area contributed by atoms with Gasteiger partial charge in [-0.1, -0.05) is 47.5 Å². The van der Waals surface area contributed by atoms with Gasteiger partial charge in [-0.15, -0.1) is 11.8 Å². The third kappa shape index (κ3) is 3.74. The largest absolute Gasteiger partial charge is 0.325 e. The number of halogens is 1. The second-order valence-corrected chi connectivity index (χ2v) is 7.10. The van der Waals surface area contributed by atoms with E-state index in [9.17, 15) is 9.59 Å². The highest BCUT2D eigenvalue weighted by Gasteiger charge is 2.35. The van der Waals surface area contributed by atoms with Crippen LogP contribution >= 0.6 is 23.4 Å². The highest BCUT2D eigenvalue weighted by Crippen LogP contribution is 2.41. The maximum absolute atomic E-state index is 12.3. The Morgan fingerprint density at radius 3 is 2.67 bits per heavy atom. The van der Waals surface area contributed by atoms with E-state index in [1.54, 1.807) is 11.0 Å². The Morgan fingerprint density at radius 2 is 1.96 bits per heavy atom. The summed E-state index contributed by atoms with van der Waals surface area (Å²) in [5.74, 6) is 0.0870. The molecule has 3 rings (SSSR count). The number of amides is 2. The van der Waals surface area contributed by atoms with Crippen molar-refractivity contribution < 1.29 is 9.59 Å². The number of carbonyl (C=O) groups is 2. The molecule has 0 bridgehead atoms. The van der Waals surface area contributed by atoms with Crippen molar-refractivity contribution in [2.45, 2.75) is 12.3 Å². The monoisotopic (exact) mass is 360 g/mol. The fraction of sp³-hybridized carbons (Fsp3) is 0.222. The summed E-state index contributed by atoms with van der Waals surface area (Å²) in [5.41, 5.74) is 2.70. The fourth-order valence-electron chi connectivity index (χ4n) is 2.55. The SMILES string of the molecule is Cc1ccc(NC(=O)CN2C(=O)CSC2c2ccccc2Cl)cc1. The maximum atomic E-state index is 12.3. The molecule has 124 valence electrons. The van der Waals surface area contributed by atoms with Crippen LogP contribution in [0.25, 0.3) is 0 Å². The molecule has 1 unspecified atom stereocenters. The van der Waals surface area contributed by atoms with Crippen LogP contribution in [0.2, 0.25) is 5.02 Å². The normalized spacial score (nSPS) is 17.2. The number of rotatable bonds is 4. The summed E-state index contributed by atoms with van der Waals surface area (Å²) < 4.78 is 0. The van der Waals surface area contributed by atoms with Gasteiger partial charge in [-0.25, -0.2) is 0 Å². The number of hydrogen-bond donors (Lipinski definition) is 1. The van der Waals surface area contributed by atoms with Gasteiger partial charge < -0.3 is 10.2 Å². The van der Waals surface area contributed by atoms with E-state index in [0.717, 1.165) is 16.8 Å². The Labute approximate surface area is 150 Å². The van der Waals surface area contributed by atoms with Crippen molar-refractivity contribution in [3.05, 3.63) is 64.7 Å². The maximum Gasteiger partial charge on any atom is 0.244 e. The predicted molar refractivity (Wildman–Crippen MR) is 98.2 cm³/mol. The second-order valence-electron chi connectivity index (χ2n) is 5.62. The first-order valence-electron chi connectivity index (χ1n) is 7.56. The van der Waals surface area contributed by atoms with Crippen molar-refractivity contribution in [3.8, 4) is 0 Å². The summed E-state index contributed by atoms with van der Waals surface area (Å²) in [6.45, 7) is 2.00. The first-order chi connectivity index (χ1) is 11.5. The zero-order valence-electron chi connectivity index (χ0n) is 13.2. The number of nitrogens with one attached hydrogen (secondary N) is 1. The van der Waals surface area contributed by atoms with Gasteiger partial charge in [-0.05, 0) is 25.1 Å². The number of thioether (sulfide) groups is 1. The summed E-state index contributed by atoms with van der Waals surface area (Å²) in [5, 5.41) is 3.21. The smallest absolute Gasteiger partial charge is 0.244 e. The lowest BCUT2D eigenvalue weighted by molar-refractivity contribution is -0.132. The first kappa shape index (κ1) is 16.9. The molecule has 0 spiro atoms. The van der Waals surface area contributed by atoms with Crippen molar-refractivity contribution in [1.82, 2.24) is 4.90 Å². The van der Waals surface area contributed by atoms with Gasteiger partial charge in [0.2, 0.25) is 11.8 Å². The van der Waals surface area contributed by atoms with Crippen LogP contribution in [0.15, 0.2) is 48.5 Å². The van der Waals surface area contributed by atoms with Crippen LogP contribution in [0.4, 0.5) is 5.69 Å². The van der Waals surface area contributed by atoms with Crippen molar-refractivity contribution >= 4 is 40.9 Å².